The number of hydrogen-bond donors (Lipinski definition) is 1. The summed E-state index contributed by atoms with van der Waals surface area (Å²) >= 11 is 0. The van der Waals surface area contributed by atoms with Crippen LogP contribution in [0.1, 0.15) is 30.7 Å². The molecule has 140 valence electrons. The molecule has 3 rings (SSSR count). The predicted molar refractivity (Wildman–Crippen MR) is 102 cm³/mol. The summed E-state index contributed by atoms with van der Waals surface area (Å²) in [7, 11) is 2.13. The topological polar surface area (TPSA) is 58.3 Å². The molecule has 6 heteroatoms. The minimum Gasteiger partial charge on any atom is -0.384 e. The fourth-order valence-electron chi connectivity index (χ4n) is 3.63. The average Bonchev–Trinajstić information content (AvgIpc) is 2.87. The normalized spacial score (nSPS) is 18.8. The van der Waals surface area contributed by atoms with Crippen molar-refractivity contribution in [1.82, 2.24) is 19.8 Å². The molecule has 1 atom stereocenters. The second kappa shape index (κ2) is 9.05. The van der Waals surface area contributed by atoms with Crippen molar-refractivity contribution in [3.63, 3.8) is 0 Å². The summed E-state index contributed by atoms with van der Waals surface area (Å²) in [6.45, 7) is 3.75. The first-order valence-corrected chi connectivity index (χ1v) is 9.35. The SMILES string of the molecule is CN(Cc1nccc(N)n1)[C@@H]1CCCN(CCc2ccccc2F)CC1. The van der Waals surface area contributed by atoms with Gasteiger partial charge in [-0.05, 0) is 63.5 Å². The number of hydrogen-bond acceptors (Lipinski definition) is 5. The Kier molecular flexibility index (Phi) is 6.52. The van der Waals surface area contributed by atoms with Crippen molar-refractivity contribution in [2.24, 2.45) is 0 Å². The second-order valence-corrected chi connectivity index (χ2v) is 7.08. The van der Waals surface area contributed by atoms with Crippen molar-refractivity contribution in [3.8, 4) is 0 Å². The van der Waals surface area contributed by atoms with E-state index >= 15 is 0 Å². The van der Waals surface area contributed by atoms with Crippen molar-refractivity contribution in [2.45, 2.75) is 38.3 Å². The number of anilines is 1. The predicted octanol–water partition coefficient (Wildman–Crippen LogP) is 2.73. The molecule has 2 N–H and O–H groups in total. The lowest BCUT2D eigenvalue weighted by Crippen LogP contribution is -2.33. The molecule has 26 heavy (non-hydrogen) atoms. The maximum absolute atomic E-state index is 13.8. The Hall–Kier alpha value is -2.05. The zero-order valence-corrected chi connectivity index (χ0v) is 15.4. The second-order valence-electron chi connectivity index (χ2n) is 7.08. The highest BCUT2D eigenvalue weighted by Gasteiger charge is 2.21. The van der Waals surface area contributed by atoms with E-state index in [4.69, 9.17) is 5.73 Å². The minimum absolute atomic E-state index is 0.0953. The van der Waals surface area contributed by atoms with E-state index in [0.29, 0.717) is 18.4 Å². The Labute approximate surface area is 155 Å². The van der Waals surface area contributed by atoms with E-state index in [0.717, 1.165) is 56.7 Å². The molecular formula is C20H28FN5. The van der Waals surface area contributed by atoms with Crippen LogP contribution in [0, 0.1) is 5.82 Å². The maximum Gasteiger partial charge on any atom is 0.144 e. The molecule has 1 fully saturated rings. The van der Waals surface area contributed by atoms with Gasteiger partial charge in [0.25, 0.3) is 0 Å². The van der Waals surface area contributed by atoms with E-state index in [1.54, 1.807) is 24.4 Å². The van der Waals surface area contributed by atoms with Gasteiger partial charge in [0.15, 0.2) is 0 Å². The molecule has 0 spiro atoms. The molecule has 1 saturated heterocycles. The molecule has 0 radical (unpaired) electrons. The van der Waals surface area contributed by atoms with Gasteiger partial charge in [0.05, 0.1) is 6.54 Å². The zero-order chi connectivity index (χ0) is 18.4. The van der Waals surface area contributed by atoms with E-state index in [1.165, 1.54) is 0 Å². The number of halogens is 1. The van der Waals surface area contributed by atoms with E-state index in [-0.39, 0.29) is 5.82 Å². The van der Waals surface area contributed by atoms with Gasteiger partial charge in [-0.15, -0.1) is 0 Å². The first-order valence-electron chi connectivity index (χ1n) is 9.35. The van der Waals surface area contributed by atoms with Crippen LogP contribution >= 0.6 is 0 Å². The zero-order valence-electron chi connectivity index (χ0n) is 15.4. The summed E-state index contributed by atoms with van der Waals surface area (Å²) in [5, 5.41) is 0. The number of rotatable bonds is 6. The molecule has 1 aromatic heterocycles. The highest BCUT2D eigenvalue weighted by Crippen LogP contribution is 2.18. The molecule has 0 saturated carbocycles. The fourth-order valence-corrected chi connectivity index (χ4v) is 3.63. The highest BCUT2D eigenvalue weighted by atomic mass is 19.1. The summed E-state index contributed by atoms with van der Waals surface area (Å²) in [4.78, 5) is 13.4. The lowest BCUT2D eigenvalue weighted by molar-refractivity contribution is 0.203. The van der Waals surface area contributed by atoms with Gasteiger partial charge in [-0.3, -0.25) is 4.90 Å². The van der Waals surface area contributed by atoms with Gasteiger partial charge in [0.1, 0.15) is 17.5 Å². The minimum atomic E-state index is -0.0953. The van der Waals surface area contributed by atoms with Crippen molar-refractivity contribution in [1.29, 1.82) is 0 Å². The Morgan fingerprint density at radius 2 is 2.08 bits per heavy atom. The molecule has 2 aromatic rings. The number of likely N-dealkylation sites (tertiary alicyclic amines) is 1. The summed E-state index contributed by atoms with van der Waals surface area (Å²) in [5.74, 6) is 1.19. The van der Waals surface area contributed by atoms with Gasteiger partial charge < -0.3 is 10.6 Å². The molecule has 0 amide bonds. The molecule has 1 aromatic carbocycles. The maximum atomic E-state index is 13.8. The third-order valence-corrected chi connectivity index (χ3v) is 5.19. The Morgan fingerprint density at radius 3 is 2.88 bits per heavy atom. The smallest absolute Gasteiger partial charge is 0.144 e. The molecule has 0 unspecified atom stereocenters. The summed E-state index contributed by atoms with van der Waals surface area (Å²) in [6.07, 6.45) is 5.91. The largest absolute Gasteiger partial charge is 0.384 e. The third kappa shape index (κ3) is 5.22. The number of nitrogens with two attached hydrogens (primary N) is 1. The Balaban J connectivity index is 1.49. The monoisotopic (exact) mass is 357 g/mol. The van der Waals surface area contributed by atoms with Gasteiger partial charge in [-0.1, -0.05) is 18.2 Å². The van der Waals surface area contributed by atoms with Crippen LogP contribution in [0.3, 0.4) is 0 Å². The quantitative estimate of drug-likeness (QED) is 0.861. The molecule has 0 aliphatic carbocycles. The van der Waals surface area contributed by atoms with Crippen LogP contribution in [0.2, 0.25) is 0 Å². The highest BCUT2D eigenvalue weighted by molar-refractivity contribution is 5.25. The first kappa shape index (κ1) is 18.7. The molecule has 1 aliphatic rings. The third-order valence-electron chi connectivity index (χ3n) is 5.19. The summed E-state index contributed by atoms with van der Waals surface area (Å²) in [6, 6.07) is 9.30. The molecule has 2 heterocycles. The van der Waals surface area contributed by atoms with Gasteiger partial charge in [-0.25, -0.2) is 14.4 Å². The number of aromatic nitrogens is 2. The van der Waals surface area contributed by atoms with E-state index in [2.05, 4.69) is 26.8 Å². The number of benzene rings is 1. The van der Waals surface area contributed by atoms with Crippen LogP contribution in [0.25, 0.3) is 0 Å². The van der Waals surface area contributed by atoms with E-state index < -0.39 is 0 Å². The molecule has 0 bridgehead atoms. The van der Waals surface area contributed by atoms with Gasteiger partial charge >= 0.3 is 0 Å². The van der Waals surface area contributed by atoms with Crippen molar-refractivity contribution < 1.29 is 4.39 Å². The lowest BCUT2D eigenvalue weighted by atomic mass is 10.1. The van der Waals surface area contributed by atoms with Gasteiger partial charge in [-0.2, -0.15) is 0 Å². The molecular weight excluding hydrogens is 329 g/mol. The Morgan fingerprint density at radius 1 is 1.23 bits per heavy atom. The van der Waals surface area contributed by atoms with Crippen molar-refractivity contribution >= 4 is 5.82 Å². The summed E-state index contributed by atoms with van der Waals surface area (Å²) < 4.78 is 13.8. The van der Waals surface area contributed by atoms with Crippen molar-refractivity contribution in [3.05, 3.63) is 53.7 Å². The van der Waals surface area contributed by atoms with Crippen LogP contribution in [0.4, 0.5) is 10.2 Å². The van der Waals surface area contributed by atoms with Gasteiger partial charge in [0.2, 0.25) is 0 Å². The van der Waals surface area contributed by atoms with Crippen LogP contribution in [0.15, 0.2) is 36.5 Å². The first-order chi connectivity index (χ1) is 12.6. The molecule has 5 nitrogen and oxygen atoms in total. The van der Waals surface area contributed by atoms with E-state index in [9.17, 15) is 4.39 Å². The van der Waals surface area contributed by atoms with Gasteiger partial charge in [0, 0.05) is 18.8 Å². The Bertz CT molecular complexity index is 708. The van der Waals surface area contributed by atoms with E-state index in [1.807, 2.05) is 12.1 Å². The van der Waals surface area contributed by atoms with Crippen LogP contribution < -0.4 is 5.73 Å². The lowest BCUT2D eigenvalue weighted by Gasteiger charge is -2.26. The number of nitrogens with zero attached hydrogens (tertiary/aromatic N) is 4. The fraction of sp³-hybridized carbons (Fsp3) is 0.500. The summed E-state index contributed by atoms with van der Waals surface area (Å²) in [5.41, 5.74) is 6.55. The average molecular weight is 357 g/mol. The standard InChI is InChI=1S/C20H28FN5/c1-25(15-20-23-11-8-19(22)24-20)17-6-4-12-26(14-10-17)13-9-16-5-2-3-7-18(16)21/h2-3,5,7-8,11,17H,4,6,9-10,12-15H2,1H3,(H2,22,23,24)/t17-/m1/s1. The van der Waals surface area contributed by atoms with Crippen LogP contribution in [-0.4, -0.2) is 52.5 Å². The number of nitrogen functional groups attached to an aromatic ring is 1. The van der Waals surface area contributed by atoms with Crippen LogP contribution in [-0.2, 0) is 13.0 Å². The van der Waals surface area contributed by atoms with Crippen LogP contribution in [0.5, 0.6) is 0 Å². The molecule has 1 aliphatic heterocycles. The van der Waals surface area contributed by atoms with Crippen molar-refractivity contribution in [2.75, 3.05) is 32.4 Å².